The number of hydrogen-bond donors (Lipinski definition) is 2. The standard InChI is InChI=1S/C11H17F3N2O/c12-11(13,14)7-2-1-3-8(6-7)16-9(17)10(15)4-5-10/h7-8H,1-6,15H2,(H,16,17). The fraction of sp³-hybridized carbons (Fsp3) is 0.909. The van der Waals surface area contributed by atoms with E-state index in [2.05, 4.69) is 5.32 Å². The van der Waals surface area contributed by atoms with Crippen LogP contribution in [-0.4, -0.2) is 23.7 Å². The lowest BCUT2D eigenvalue weighted by atomic mass is 9.85. The van der Waals surface area contributed by atoms with Crippen LogP contribution in [-0.2, 0) is 4.79 Å². The summed E-state index contributed by atoms with van der Waals surface area (Å²) in [6, 6.07) is -0.371. The first-order valence-electron chi connectivity index (χ1n) is 5.98. The Hall–Kier alpha value is -0.780. The summed E-state index contributed by atoms with van der Waals surface area (Å²) in [5.74, 6) is -1.57. The summed E-state index contributed by atoms with van der Waals surface area (Å²) in [6.07, 6.45) is -1.60. The third-order valence-corrected chi connectivity index (χ3v) is 3.71. The van der Waals surface area contributed by atoms with Crippen molar-refractivity contribution in [1.29, 1.82) is 0 Å². The van der Waals surface area contributed by atoms with Gasteiger partial charge in [-0.1, -0.05) is 6.42 Å². The van der Waals surface area contributed by atoms with Crippen molar-refractivity contribution in [1.82, 2.24) is 5.32 Å². The zero-order valence-corrected chi connectivity index (χ0v) is 9.52. The SMILES string of the molecule is NC1(C(=O)NC2CCCC(C(F)(F)F)C2)CC1. The lowest BCUT2D eigenvalue weighted by molar-refractivity contribution is -0.184. The minimum Gasteiger partial charge on any atom is -0.352 e. The van der Waals surface area contributed by atoms with Crippen molar-refractivity contribution in [2.24, 2.45) is 11.7 Å². The molecule has 3 nitrogen and oxygen atoms in total. The van der Waals surface area contributed by atoms with Gasteiger partial charge in [-0.3, -0.25) is 4.79 Å². The van der Waals surface area contributed by atoms with E-state index >= 15 is 0 Å². The number of alkyl halides is 3. The molecule has 2 aliphatic rings. The van der Waals surface area contributed by atoms with Crippen LogP contribution in [0.25, 0.3) is 0 Å². The van der Waals surface area contributed by atoms with Gasteiger partial charge in [-0.2, -0.15) is 13.2 Å². The first-order valence-corrected chi connectivity index (χ1v) is 5.98. The molecule has 2 aliphatic carbocycles. The number of amides is 1. The Labute approximate surface area is 97.9 Å². The smallest absolute Gasteiger partial charge is 0.352 e. The largest absolute Gasteiger partial charge is 0.391 e. The maximum atomic E-state index is 12.6. The van der Waals surface area contributed by atoms with E-state index in [0.29, 0.717) is 25.7 Å². The average Bonchev–Trinajstić information content (AvgIpc) is 2.97. The predicted molar refractivity (Wildman–Crippen MR) is 56.1 cm³/mol. The summed E-state index contributed by atoms with van der Waals surface area (Å²) in [4.78, 5) is 11.6. The Kier molecular flexibility index (Phi) is 3.10. The maximum Gasteiger partial charge on any atom is 0.391 e. The highest BCUT2D eigenvalue weighted by Gasteiger charge is 2.48. The normalized spacial score (nSPS) is 32.0. The van der Waals surface area contributed by atoms with Crippen molar-refractivity contribution < 1.29 is 18.0 Å². The molecule has 1 amide bonds. The summed E-state index contributed by atoms with van der Waals surface area (Å²) in [5, 5.41) is 2.66. The van der Waals surface area contributed by atoms with Crippen LogP contribution >= 0.6 is 0 Å². The molecule has 0 aromatic carbocycles. The second-order valence-electron chi connectivity index (χ2n) is 5.23. The Morgan fingerprint density at radius 1 is 1.29 bits per heavy atom. The van der Waals surface area contributed by atoms with Crippen molar-refractivity contribution in [3.63, 3.8) is 0 Å². The van der Waals surface area contributed by atoms with Gasteiger partial charge < -0.3 is 11.1 Å². The van der Waals surface area contributed by atoms with Gasteiger partial charge in [-0.15, -0.1) is 0 Å². The Bertz CT molecular complexity index is 312. The predicted octanol–water partition coefficient (Wildman–Crippen LogP) is 1.71. The van der Waals surface area contributed by atoms with Crippen LogP contribution in [0.4, 0.5) is 13.2 Å². The number of carbonyl (C=O) groups excluding carboxylic acids is 1. The van der Waals surface area contributed by atoms with Gasteiger partial charge in [0.25, 0.3) is 0 Å². The molecule has 2 unspecified atom stereocenters. The van der Waals surface area contributed by atoms with Crippen LogP contribution < -0.4 is 11.1 Å². The molecule has 0 radical (unpaired) electrons. The maximum absolute atomic E-state index is 12.6. The van der Waals surface area contributed by atoms with Crippen LogP contribution in [0.3, 0.4) is 0 Å². The average molecular weight is 250 g/mol. The number of rotatable bonds is 2. The topological polar surface area (TPSA) is 55.1 Å². The first kappa shape index (κ1) is 12.7. The lowest BCUT2D eigenvalue weighted by Gasteiger charge is -2.31. The summed E-state index contributed by atoms with van der Waals surface area (Å²) >= 11 is 0. The highest BCUT2D eigenvalue weighted by Crippen LogP contribution is 2.38. The number of nitrogens with one attached hydrogen (secondary N) is 1. The highest BCUT2D eigenvalue weighted by molar-refractivity contribution is 5.89. The van der Waals surface area contributed by atoms with Gasteiger partial charge >= 0.3 is 6.18 Å². The van der Waals surface area contributed by atoms with Crippen LogP contribution in [0.2, 0.25) is 0 Å². The van der Waals surface area contributed by atoms with Crippen LogP contribution in [0.15, 0.2) is 0 Å². The fourth-order valence-corrected chi connectivity index (χ4v) is 2.31. The molecular formula is C11H17F3N2O. The molecule has 0 aromatic rings. The van der Waals surface area contributed by atoms with Crippen molar-refractivity contribution in [3.8, 4) is 0 Å². The molecule has 0 heterocycles. The Morgan fingerprint density at radius 2 is 1.94 bits per heavy atom. The summed E-state index contributed by atoms with van der Waals surface area (Å²) in [6.45, 7) is 0. The van der Waals surface area contributed by atoms with Gasteiger partial charge in [0.05, 0.1) is 11.5 Å². The third-order valence-electron chi connectivity index (χ3n) is 3.71. The van der Waals surface area contributed by atoms with Gasteiger partial charge in [0.15, 0.2) is 0 Å². The van der Waals surface area contributed by atoms with Gasteiger partial charge in [0.2, 0.25) is 5.91 Å². The van der Waals surface area contributed by atoms with Crippen molar-refractivity contribution in [2.45, 2.75) is 56.3 Å². The van der Waals surface area contributed by atoms with E-state index < -0.39 is 17.6 Å². The van der Waals surface area contributed by atoms with E-state index in [1.807, 2.05) is 0 Å². The first-order chi connectivity index (χ1) is 7.81. The molecule has 0 bridgehead atoms. The minimum atomic E-state index is -4.15. The minimum absolute atomic E-state index is 0.00861. The third kappa shape index (κ3) is 2.91. The molecule has 2 fully saturated rings. The second kappa shape index (κ2) is 4.15. The number of nitrogens with two attached hydrogens (primary N) is 1. The van der Waals surface area contributed by atoms with E-state index in [-0.39, 0.29) is 24.8 Å². The summed E-state index contributed by atoms with van der Waals surface area (Å²) < 4.78 is 37.7. The van der Waals surface area contributed by atoms with Gasteiger partial charge in [0.1, 0.15) is 0 Å². The summed E-state index contributed by atoms with van der Waals surface area (Å²) in [7, 11) is 0. The molecule has 98 valence electrons. The molecule has 2 saturated carbocycles. The van der Waals surface area contributed by atoms with Gasteiger partial charge in [0, 0.05) is 6.04 Å². The fourth-order valence-electron chi connectivity index (χ4n) is 2.31. The molecule has 6 heteroatoms. The zero-order chi connectivity index (χ0) is 12.7. The van der Waals surface area contributed by atoms with E-state index in [4.69, 9.17) is 5.73 Å². The van der Waals surface area contributed by atoms with Crippen molar-refractivity contribution in [2.75, 3.05) is 0 Å². The van der Waals surface area contributed by atoms with Gasteiger partial charge in [-0.25, -0.2) is 0 Å². The van der Waals surface area contributed by atoms with Crippen LogP contribution in [0.1, 0.15) is 38.5 Å². The van der Waals surface area contributed by atoms with E-state index in [0.717, 1.165) is 0 Å². The zero-order valence-electron chi connectivity index (χ0n) is 9.52. The number of hydrogen-bond acceptors (Lipinski definition) is 2. The molecule has 2 rings (SSSR count). The molecule has 3 N–H and O–H groups in total. The Balaban J connectivity index is 1.87. The van der Waals surface area contributed by atoms with E-state index in [1.165, 1.54) is 0 Å². The lowest BCUT2D eigenvalue weighted by Crippen LogP contribution is -2.49. The molecule has 17 heavy (non-hydrogen) atoms. The van der Waals surface area contributed by atoms with Crippen LogP contribution in [0, 0.1) is 5.92 Å². The highest BCUT2D eigenvalue weighted by atomic mass is 19.4. The molecule has 0 saturated heterocycles. The number of carbonyl (C=O) groups is 1. The molecule has 0 aliphatic heterocycles. The van der Waals surface area contributed by atoms with E-state index in [1.54, 1.807) is 0 Å². The molecule has 0 spiro atoms. The monoisotopic (exact) mass is 250 g/mol. The quantitative estimate of drug-likeness (QED) is 0.784. The second-order valence-corrected chi connectivity index (χ2v) is 5.23. The Morgan fingerprint density at radius 3 is 2.47 bits per heavy atom. The number of halogens is 3. The van der Waals surface area contributed by atoms with E-state index in [9.17, 15) is 18.0 Å². The van der Waals surface area contributed by atoms with Gasteiger partial charge in [-0.05, 0) is 32.1 Å². The molecule has 0 aromatic heterocycles. The van der Waals surface area contributed by atoms with Crippen LogP contribution in [0.5, 0.6) is 0 Å². The molecule has 2 atom stereocenters. The van der Waals surface area contributed by atoms with Crippen molar-refractivity contribution in [3.05, 3.63) is 0 Å². The molecular weight excluding hydrogens is 233 g/mol. The summed E-state index contributed by atoms with van der Waals surface area (Å²) in [5.41, 5.74) is 4.89. The van der Waals surface area contributed by atoms with Crippen molar-refractivity contribution >= 4 is 5.91 Å².